The van der Waals surface area contributed by atoms with Crippen molar-refractivity contribution in [3.8, 4) is 0 Å². The summed E-state index contributed by atoms with van der Waals surface area (Å²) in [6.45, 7) is 1.75. The second-order valence-electron chi connectivity index (χ2n) is 8.44. The molecule has 3 N–H and O–H groups in total. The highest BCUT2D eigenvalue weighted by Gasteiger charge is 2.23. The monoisotopic (exact) mass is 430 g/mol. The van der Waals surface area contributed by atoms with Gasteiger partial charge in [-0.05, 0) is 6.42 Å². The Morgan fingerprint density at radius 3 is 1.50 bits per heavy atom. The maximum absolute atomic E-state index is 11.3. The van der Waals surface area contributed by atoms with E-state index in [4.69, 9.17) is 9.84 Å². The number of hydrogen-bond donors (Lipinski definition) is 3. The van der Waals surface area contributed by atoms with Gasteiger partial charge in [-0.1, -0.05) is 110 Å². The number of aliphatic hydroxyl groups is 2. The topological polar surface area (TPSA) is 104 Å². The molecule has 6 heteroatoms. The number of hydrogen-bond acceptors (Lipinski definition) is 5. The SMILES string of the molecule is CCCCCCCCCCCCCCCCCCC(O)C(CO)OC(=O)CC(=O)O. The summed E-state index contributed by atoms with van der Waals surface area (Å²) in [7, 11) is 0. The summed E-state index contributed by atoms with van der Waals surface area (Å²) in [6.07, 6.45) is 18.1. The molecule has 0 spiro atoms. The van der Waals surface area contributed by atoms with E-state index in [9.17, 15) is 19.8 Å². The molecule has 2 unspecified atom stereocenters. The van der Waals surface area contributed by atoms with Gasteiger partial charge in [-0.25, -0.2) is 0 Å². The lowest BCUT2D eigenvalue weighted by Crippen LogP contribution is -2.35. The average molecular weight is 431 g/mol. The molecule has 0 rings (SSSR count). The molecule has 0 aliphatic heterocycles. The number of carbonyl (C=O) groups excluding carboxylic acids is 1. The number of carboxylic acids is 1. The van der Waals surface area contributed by atoms with Gasteiger partial charge in [0.05, 0.1) is 12.7 Å². The third kappa shape index (κ3) is 18.9. The Morgan fingerprint density at radius 1 is 0.733 bits per heavy atom. The molecule has 0 radical (unpaired) electrons. The van der Waals surface area contributed by atoms with Gasteiger partial charge in [-0.3, -0.25) is 9.59 Å². The van der Waals surface area contributed by atoms with Gasteiger partial charge in [-0.15, -0.1) is 0 Å². The number of ether oxygens (including phenoxy) is 1. The van der Waals surface area contributed by atoms with Crippen molar-refractivity contribution in [2.45, 2.75) is 135 Å². The summed E-state index contributed by atoms with van der Waals surface area (Å²) in [5.74, 6) is -2.23. The third-order valence-corrected chi connectivity index (χ3v) is 5.54. The first-order valence-corrected chi connectivity index (χ1v) is 12.2. The van der Waals surface area contributed by atoms with Crippen LogP contribution in [-0.4, -0.2) is 46.1 Å². The van der Waals surface area contributed by atoms with Gasteiger partial charge in [-0.2, -0.15) is 0 Å². The molecule has 0 aromatic carbocycles. The first kappa shape index (κ1) is 28.9. The molecule has 0 saturated heterocycles. The highest BCUT2D eigenvalue weighted by Crippen LogP contribution is 2.15. The average Bonchev–Trinajstić information content (AvgIpc) is 2.71. The van der Waals surface area contributed by atoms with Gasteiger partial charge < -0.3 is 20.1 Å². The van der Waals surface area contributed by atoms with E-state index in [1.807, 2.05) is 0 Å². The Morgan fingerprint density at radius 2 is 1.13 bits per heavy atom. The molecule has 0 aliphatic carbocycles. The summed E-state index contributed by atoms with van der Waals surface area (Å²) in [4.78, 5) is 21.8. The number of aliphatic hydroxyl groups excluding tert-OH is 2. The van der Waals surface area contributed by atoms with Crippen molar-refractivity contribution in [2.24, 2.45) is 0 Å². The molecular weight excluding hydrogens is 384 g/mol. The summed E-state index contributed by atoms with van der Waals surface area (Å²) in [5.41, 5.74) is 0. The fourth-order valence-corrected chi connectivity index (χ4v) is 3.66. The minimum absolute atomic E-state index is 0.435. The Bertz CT molecular complexity index is 413. The maximum atomic E-state index is 11.3. The van der Waals surface area contributed by atoms with Crippen LogP contribution < -0.4 is 0 Å². The fraction of sp³-hybridized carbons (Fsp3) is 0.917. The molecule has 0 bridgehead atoms. The van der Waals surface area contributed by atoms with E-state index < -0.39 is 37.2 Å². The molecule has 0 aromatic rings. The Labute approximate surface area is 183 Å². The number of rotatable bonds is 22. The lowest BCUT2D eigenvalue weighted by molar-refractivity contribution is -0.162. The minimum Gasteiger partial charge on any atom is -0.481 e. The van der Waals surface area contributed by atoms with Crippen LogP contribution in [0.3, 0.4) is 0 Å². The van der Waals surface area contributed by atoms with Crippen molar-refractivity contribution >= 4 is 11.9 Å². The third-order valence-electron chi connectivity index (χ3n) is 5.54. The highest BCUT2D eigenvalue weighted by atomic mass is 16.6. The zero-order valence-electron chi connectivity index (χ0n) is 19.2. The van der Waals surface area contributed by atoms with Crippen LogP contribution in [0.5, 0.6) is 0 Å². The fourth-order valence-electron chi connectivity index (χ4n) is 3.66. The molecule has 0 saturated carbocycles. The lowest BCUT2D eigenvalue weighted by atomic mass is 10.0. The molecule has 2 atom stereocenters. The van der Waals surface area contributed by atoms with Crippen LogP contribution in [0.2, 0.25) is 0 Å². The molecule has 0 heterocycles. The summed E-state index contributed by atoms with van der Waals surface area (Å²) >= 11 is 0. The van der Waals surface area contributed by atoms with Crippen molar-refractivity contribution in [3.63, 3.8) is 0 Å². The van der Waals surface area contributed by atoms with Gasteiger partial charge in [0.1, 0.15) is 6.42 Å². The Hall–Kier alpha value is -1.14. The van der Waals surface area contributed by atoms with Crippen LogP contribution in [0, 0.1) is 0 Å². The van der Waals surface area contributed by atoms with Crippen molar-refractivity contribution in [3.05, 3.63) is 0 Å². The van der Waals surface area contributed by atoms with Crippen molar-refractivity contribution in [1.82, 2.24) is 0 Å². The second kappa shape index (κ2) is 21.1. The van der Waals surface area contributed by atoms with E-state index in [1.165, 1.54) is 83.5 Å². The van der Waals surface area contributed by atoms with Crippen LogP contribution >= 0.6 is 0 Å². The quantitative estimate of drug-likeness (QED) is 0.121. The molecule has 6 nitrogen and oxygen atoms in total. The molecule has 0 amide bonds. The predicted molar refractivity (Wildman–Crippen MR) is 119 cm³/mol. The number of carboxylic acid groups (broad SMARTS) is 1. The van der Waals surface area contributed by atoms with E-state index >= 15 is 0 Å². The van der Waals surface area contributed by atoms with Gasteiger partial charge in [0, 0.05) is 0 Å². The van der Waals surface area contributed by atoms with Gasteiger partial charge >= 0.3 is 11.9 Å². The van der Waals surface area contributed by atoms with Crippen LogP contribution in [0.1, 0.15) is 122 Å². The summed E-state index contributed by atoms with van der Waals surface area (Å²) in [5, 5.41) is 27.8. The van der Waals surface area contributed by atoms with E-state index in [0.29, 0.717) is 6.42 Å². The van der Waals surface area contributed by atoms with Crippen LogP contribution in [0.25, 0.3) is 0 Å². The normalized spacial score (nSPS) is 13.2. The summed E-state index contributed by atoms with van der Waals surface area (Å²) in [6, 6.07) is 0. The van der Waals surface area contributed by atoms with Gasteiger partial charge in [0.15, 0.2) is 6.10 Å². The maximum Gasteiger partial charge on any atom is 0.317 e. The first-order chi connectivity index (χ1) is 14.5. The van der Waals surface area contributed by atoms with E-state index in [1.54, 1.807) is 0 Å². The van der Waals surface area contributed by atoms with Crippen molar-refractivity contribution in [1.29, 1.82) is 0 Å². The number of esters is 1. The zero-order chi connectivity index (χ0) is 22.5. The molecule has 0 aliphatic rings. The van der Waals surface area contributed by atoms with Crippen LogP contribution in [0.15, 0.2) is 0 Å². The number of aliphatic carboxylic acids is 1. The Balaban J connectivity index is 3.45. The smallest absolute Gasteiger partial charge is 0.317 e. The first-order valence-electron chi connectivity index (χ1n) is 12.2. The van der Waals surface area contributed by atoms with Gasteiger partial charge in [0.2, 0.25) is 0 Å². The molecule has 0 aromatic heterocycles. The Kier molecular flexibility index (Phi) is 20.3. The predicted octanol–water partition coefficient (Wildman–Crippen LogP) is 5.38. The summed E-state index contributed by atoms with van der Waals surface area (Å²) < 4.78 is 4.83. The molecular formula is C24H46O6. The molecule has 178 valence electrons. The number of carbonyl (C=O) groups is 2. The lowest BCUT2D eigenvalue weighted by Gasteiger charge is -2.21. The van der Waals surface area contributed by atoms with Crippen LogP contribution in [0.4, 0.5) is 0 Å². The minimum atomic E-state index is -1.29. The van der Waals surface area contributed by atoms with E-state index in [-0.39, 0.29) is 0 Å². The number of unbranched alkanes of at least 4 members (excludes halogenated alkanes) is 15. The van der Waals surface area contributed by atoms with Crippen molar-refractivity contribution in [2.75, 3.05) is 6.61 Å². The molecule has 0 fully saturated rings. The van der Waals surface area contributed by atoms with Crippen LogP contribution in [-0.2, 0) is 14.3 Å². The highest BCUT2D eigenvalue weighted by molar-refractivity contribution is 5.90. The second-order valence-corrected chi connectivity index (χ2v) is 8.44. The largest absolute Gasteiger partial charge is 0.481 e. The molecule has 30 heavy (non-hydrogen) atoms. The van der Waals surface area contributed by atoms with E-state index in [2.05, 4.69) is 6.92 Å². The standard InChI is InChI=1S/C24H46O6/c1-2-3-4-5-6-7-8-9-10-11-12-13-14-15-16-17-18-21(26)22(20-25)30-24(29)19-23(27)28/h21-22,25-26H,2-20H2,1H3,(H,27,28). The van der Waals surface area contributed by atoms with Crippen molar-refractivity contribution < 1.29 is 29.6 Å². The zero-order valence-corrected chi connectivity index (χ0v) is 19.2. The van der Waals surface area contributed by atoms with E-state index in [0.717, 1.165) is 19.3 Å². The van der Waals surface area contributed by atoms with Gasteiger partial charge in [0.25, 0.3) is 0 Å².